The van der Waals surface area contributed by atoms with E-state index in [0.29, 0.717) is 15.4 Å². The SMILES string of the molecule is CC(C)(C)OC(=O)CCC(NC(=O)OCc1cc(=O)oc2cc(O)c(Br)cc12)C(=O)OC(C)(C)C. The predicted octanol–water partition coefficient (Wildman–Crippen LogP) is 4.32. The Kier molecular flexibility index (Phi) is 8.94. The second-order valence-electron chi connectivity index (χ2n) is 9.82. The number of nitrogens with one attached hydrogen (secondary N) is 1. The highest BCUT2D eigenvalue weighted by atomic mass is 79.9. The summed E-state index contributed by atoms with van der Waals surface area (Å²) in [6, 6.07) is 2.78. The van der Waals surface area contributed by atoms with Gasteiger partial charge in [0.2, 0.25) is 0 Å². The molecule has 0 spiro atoms. The molecule has 0 saturated carbocycles. The van der Waals surface area contributed by atoms with E-state index in [1.807, 2.05) is 0 Å². The smallest absolute Gasteiger partial charge is 0.408 e. The van der Waals surface area contributed by atoms with Gasteiger partial charge in [0, 0.05) is 29.5 Å². The second kappa shape index (κ2) is 11.1. The molecule has 1 amide bonds. The summed E-state index contributed by atoms with van der Waals surface area (Å²) in [6.45, 7) is 9.87. The summed E-state index contributed by atoms with van der Waals surface area (Å²) in [5.41, 5.74) is -1.76. The van der Waals surface area contributed by atoms with Crippen LogP contribution in [0.5, 0.6) is 5.75 Å². The molecule has 1 heterocycles. The zero-order valence-electron chi connectivity index (χ0n) is 20.5. The summed E-state index contributed by atoms with van der Waals surface area (Å²) in [5.74, 6) is -1.39. The Bertz CT molecular complexity index is 1160. The van der Waals surface area contributed by atoms with Gasteiger partial charge < -0.3 is 29.1 Å². The number of rotatable bonds is 7. The van der Waals surface area contributed by atoms with E-state index < -0.39 is 40.9 Å². The van der Waals surface area contributed by atoms with E-state index >= 15 is 0 Å². The highest BCUT2D eigenvalue weighted by Gasteiger charge is 2.29. The Morgan fingerprint density at radius 1 is 1.06 bits per heavy atom. The van der Waals surface area contributed by atoms with Crippen molar-refractivity contribution in [3.8, 4) is 5.75 Å². The van der Waals surface area contributed by atoms with Gasteiger partial charge in [0.25, 0.3) is 0 Å². The maximum Gasteiger partial charge on any atom is 0.408 e. The van der Waals surface area contributed by atoms with E-state index in [9.17, 15) is 24.3 Å². The first-order chi connectivity index (χ1) is 16.0. The second-order valence-corrected chi connectivity index (χ2v) is 10.7. The number of ether oxygens (including phenoxy) is 3. The average Bonchev–Trinajstić information content (AvgIpc) is 2.68. The molecule has 0 aliphatic carbocycles. The third-order valence-electron chi connectivity index (χ3n) is 4.30. The fraction of sp³-hybridized carbons (Fsp3) is 0.500. The van der Waals surface area contributed by atoms with Crippen LogP contribution in [0.15, 0.2) is 31.9 Å². The molecular formula is C24H30BrNO9. The Balaban J connectivity index is 2.13. The lowest BCUT2D eigenvalue weighted by Crippen LogP contribution is -2.44. The number of carbonyl (C=O) groups excluding carboxylic acids is 3. The summed E-state index contributed by atoms with van der Waals surface area (Å²) >= 11 is 3.19. The molecule has 2 N–H and O–H groups in total. The maximum absolute atomic E-state index is 12.6. The molecule has 192 valence electrons. The molecule has 0 saturated heterocycles. The van der Waals surface area contributed by atoms with Gasteiger partial charge in [-0.3, -0.25) is 4.79 Å². The Hall–Kier alpha value is -3.08. The lowest BCUT2D eigenvalue weighted by atomic mass is 10.1. The number of halogens is 1. The molecule has 0 bridgehead atoms. The van der Waals surface area contributed by atoms with Crippen molar-refractivity contribution in [3.63, 3.8) is 0 Å². The van der Waals surface area contributed by atoms with Gasteiger partial charge in [-0.05, 0) is 70.0 Å². The van der Waals surface area contributed by atoms with Crippen LogP contribution in [0, 0.1) is 0 Å². The molecule has 0 aliphatic heterocycles. The molecule has 35 heavy (non-hydrogen) atoms. The van der Waals surface area contributed by atoms with Gasteiger partial charge in [0.05, 0.1) is 4.47 Å². The number of phenolic OH excluding ortho intramolecular Hbond substituents is 1. The number of benzene rings is 1. The summed E-state index contributed by atoms with van der Waals surface area (Å²) in [6.07, 6.45) is -1.16. The summed E-state index contributed by atoms with van der Waals surface area (Å²) in [4.78, 5) is 49.1. The Morgan fingerprint density at radius 3 is 2.29 bits per heavy atom. The van der Waals surface area contributed by atoms with E-state index in [1.54, 1.807) is 41.5 Å². The zero-order valence-corrected chi connectivity index (χ0v) is 22.1. The normalized spacial score (nSPS) is 12.7. The van der Waals surface area contributed by atoms with Crippen molar-refractivity contribution < 1.29 is 38.1 Å². The van der Waals surface area contributed by atoms with Crippen molar-refractivity contribution in [3.05, 3.63) is 38.7 Å². The molecule has 1 atom stereocenters. The van der Waals surface area contributed by atoms with Gasteiger partial charge in [-0.2, -0.15) is 0 Å². The number of alkyl carbamates (subject to hydrolysis) is 1. The van der Waals surface area contributed by atoms with Gasteiger partial charge in [0.15, 0.2) is 0 Å². The third kappa shape index (κ3) is 9.23. The summed E-state index contributed by atoms with van der Waals surface area (Å²) < 4.78 is 21.3. The fourth-order valence-corrected chi connectivity index (χ4v) is 3.30. The Labute approximate surface area is 211 Å². The molecule has 2 rings (SSSR count). The minimum Gasteiger partial charge on any atom is -0.507 e. The van der Waals surface area contributed by atoms with Gasteiger partial charge in [0.1, 0.15) is 35.2 Å². The lowest BCUT2D eigenvalue weighted by Gasteiger charge is -2.25. The van der Waals surface area contributed by atoms with Gasteiger partial charge in [-0.1, -0.05) is 0 Å². The van der Waals surface area contributed by atoms with Crippen molar-refractivity contribution in [2.75, 3.05) is 0 Å². The predicted molar refractivity (Wildman–Crippen MR) is 130 cm³/mol. The number of phenols is 1. The molecule has 1 unspecified atom stereocenters. The highest BCUT2D eigenvalue weighted by molar-refractivity contribution is 9.10. The molecular weight excluding hydrogens is 526 g/mol. The molecule has 0 radical (unpaired) electrons. The van der Waals surface area contributed by atoms with Crippen molar-refractivity contribution in [1.82, 2.24) is 5.32 Å². The average molecular weight is 556 g/mol. The number of amides is 1. The van der Waals surface area contributed by atoms with Gasteiger partial charge >= 0.3 is 23.7 Å². The zero-order chi connectivity index (χ0) is 26.6. The minimum absolute atomic E-state index is 0.0665. The topological polar surface area (TPSA) is 141 Å². The van der Waals surface area contributed by atoms with Crippen molar-refractivity contribution >= 4 is 44.9 Å². The van der Waals surface area contributed by atoms with Crippen LogP contribution in [0.1, 0.15) is 59.9 Å². The number of hydrogen-bond acceptors (Lipinski definition) is 9. The highest BCUT2D eigenvalue weighted by Crippen LogP contribution is 2.30. The first-order valence-corrected chi connectivity index (χ1v) is 11.7. The van der Waals surface area contributed by atoms with Crippen LogP contribution in [0.4, 0.5) is 4.79 Å². The van der Waals surface area contributed by atoms with Crippen molar-refractivity contribution in [2.24, 2.45) is 0 Å². The lowest BCUT2D eigenvalue weighted by molar-refractivity contribution is -0.158. The number of hydrogen-bond donors (Lipinski definition) is 2. The molecule has 0 aliphatic rings. The number of aromatic hydroxyl groups is 1. The summed E-state index contributed by atoms with van der Waals surface area (Å²) in [7, 11) is 0. The van der Waals surface area contributed by atoms with E-state index in [2.05, 4.69) is 21.2 Å². The first kappa shape index (κ1) is 28.2. The van der Waals surface area contributed by atoms with Gasteiger partial charge in [-0.25, -0.2) is 14.4 Å². The van der Waals surface area contributed by atoms with Crippen LogP contribution in [-0.4, -0.2) is 40.4 Å². The fourth-order valence-electron chi connectivity index (χ4n) is 2.96. The monoisotopic (exact) mass is 555 g/mol. The van der Waals surface area contributed by atoms with Crippen LogP contribution >= 0.6 is 15.9 Å². The van der Waals surface area contributed by atoms with E-state index in [1.165, 1.54) is 12.1 Å². The Morgan fingerprint density at radius 2 is 1.69 bits per heavy atom. The standard InChI is InChI=1S/C24H30BrNO9/c1-23(2,3)34-19(28)8-7-16(21(30)35-24(4,5)6)26-22(31)32-12-13-9-20(29)33-18-11-17(27)15(25)10-14(13)18/h9-11,16,27H,7-8,12H2,1-6H3,(H,26,31). The summed E-state index contributed by atoms with van der Waals surface area (Å²) in [5, 5.41) is 12.7. The molecule has 10 nitrogen and oxygen atoms in total. The van der Waals surface area contributed by atoms with Crippen LogP contribution < -0.4 is 10.9 Å². The van der Waals surface area contributed by atoms with Crippen molar-refractivity contribution in [1.29, 1.82) is 0 Å². The largest absolute Gasteiger partial charge is 0.507 e. The molecule has 1 aromatic heterocycles. The van der Waals surface area contributed by atoms with Crippen LogP contribution in [-0.2, 0) is 30.4 Å². The maximum atomic E-state index is 12.6. The number of fused-ring (bicyclic) bond motifs is 1. The van der Waals surface area contributed by atoms with Crippen LogP contribution in [0.25, 0.3) is 11.0 Å². The van der Waals surface area contributed by atoms with Crippen LogP contribution in [0.3, 0.4) is 0 Å². The van der Waals surface area contributed by atoms with E-state index in [4.69, 9.17) is 18.6 Å². The minimum atomic E-state index is -1.17. The van der Waals surface area contributed by atoms with Gasteiger partial charge in [-0.15, -0.1) is 0 Å². The van der Waals surface area contributed by atoms with E-state index in [0.717, 1.165) is 6.07 Å². The molecule has 0 fully saturated rings. The van der Waals surface area contributed by atoms with Crippen LogP contribution in [0.2, 0.25) is 0 Å². The molecule has 1 aromatic carbocycles. The first-order valence-electron chi connectivity index (χ1n) is 10.9. The van der Waals surface area contributed by atoms with E-state index in [-0.39, 0.29) is 30.8 Å². The molecule has 11 heteroatoms. The van der Waals surface area contributed by atoms with Crippen molar-refractivity contribution in [2.45, 2.75) is 78.2 Å². The number of esters is 2. The third-order valence-corrected chi connectivity index (χ3v) is 4.93. The number of carbonyl (C=O) groups is 3. The quantitative estimate of drug-likeness (QED) is 0.290. The molecule has 2 aromatic rings.